The summed E-state index contributed by atoms with van der Waals surface area (Å²) < 4.78 is 38.9. The van der Waals surface area contributed by atoms with Gasteiger partial charge in [-0.15, -0.1) is 0 Å². The molecule has 0 radical (unpaired) electrons. The number of hydrogen-bond acceptors (Lipinski definition) is 8. The highest BCUT2D eigenvalue weighted by molar-refractivity contribution is 7.87. The van der Waals surface area contributed by atoms with Gasteiger partial charge in [0.15, 0.2) is 0 Å². The van der Waals surface area contributed by atoms with E-state index in [1.807, 2.05) is 45.9 Å². The normalized spacial score (nSPS) is 18.1. The van der Waals surface area contributed by atoms with Crippen molar-refractivity contribution in [2.75, 3.05) is 7.11 Å². The van der Waals surface area contributed by atoms with Crippen molar-refractivity contribution in [2.24, 2.45) is 5.92 Å². The summed E-state index contributed by atoms with van der Waals surface area (Å²) in [7, 11) is -2.81. The topological polar surface area (TPSA) is 108 Å². The van der Waals surface area contributed by atoms with Crippen molar-refractivity contribution in [3.63, 3.8) is 0 Å². The van der Waals surface area contributed by atoms with E-state index in [-0.39, 0.29) is 46.3 Å². The van der Waals surface area contributed by atoms with E-state index in [9.17, 15) is 13.2 Å². The molecule has 0 aliphatic heterocycles. The van der Waals surface area contributed by atoms with Crippen LogP contribution in [0.4, 0.5) is 0 Å². The van der Waals surface area contributed by atoms with Crippen LogP contribution in [0.15, 0.2) is 29.3 Å². The van der Waals surface area contributed by atoms with Gasteiger partial charge in [0, 0.05) is 11.6 Å². The van der Waals surface area contributed by atoms with Crippen molar-refractivity contribution in [1.29, 1.82) is 0 Å². The third-order valence-electron chi connectivity index (χ3n) is 7.88. The van der Waals surface area contributed by atoms with E-state index in [2.05, 4.69) is 28.8 Å². The number of fused-ring (bicyclic) bond motifs is 1. The number of nitrogens with zero attached hydrogens (tertiary/aromatic N) is 3. The highest BCUT2D eigenvalue weighted by Crippen LogP contribution is 2.39. The molecule has 0 bridgehead atoms. The molecule has 1 saturated carbocycles. The van der Waals surface area contributed by atoms with Gasteiger partial charge in [-0.25, -0.2) is 4.98 Å². The molecule has 9 heteroatoms. The largest absolute Gasteiger partial charge is 0.469 e. The first-order chi connectivity index (χ1) is 18.8. The number of hydrogen-bond donors (Lipinski definition) is 0. The van der Waals surface area contributed by atoms with Crippen molar-refractivity contribution in [3.8, 4) is 5.88 Å². The number of rotatable bonds is 8. The van der Waals surface area contributed by atoms with Crippen molar-refractivity contribution in [1.82, 2.24) is 15.0 Å². The molecule has 2 heterocycles. The molecule has 40 heavy (non-hydrogen) atoms. The van der Waals surface area contributed by atoms with Gasteiger partial charge in [-0.2, -0.15) is 13.4 Å². The predicted octanol–water partition coefficient (Wildman–Crippen LogP) is 6.92. The van der Waals surface area contributed by atoms with E-state index in [0.29, 0.717) is 16.7 Å². The highest BCUT2D eigenvalue weighted by Gasteiger charge is 2.31. The Morgan fingerprint density at radius 3 is 2.02 bits per heavy atom. The highest BCUT2D eigenvalue weighted by atomic mass is 32.2. The Kier molecular flexibility index (Phi) is 8.83. The van der Waals surface area contributed by atoms with Crippen LogP contribution >= 0.6 is 0 Å². The van der Waals surface area contributed by atoms with Gasteiger partial charge in [0.2, 0.25) is 5.88 Å². The number of aryl methyl sites for hydroxylation is 1. The molecule has 0 N–H and O–H groups in total. The Balaban J connectivity index is 1.77. The molecule has 0 unspecified atom stereocenters. The van der Waals surface area contributed by atoms with Crippen molar-refractivity contribution < 1.29 is 22.1 Å². The van der Waals surface area contributed by atoms with E-state index in [1.54, 1.807) is 13.1 Å². The average Bonchev–Trinajstić information content (AvgIpc) is 2.91. The maximum absolute atomic E-state index is 14.1. The van der Waals surface area contributed by atoms with Gasteiger partial charge in [0.1, 0.15) is 10.7 Å². The zero-order valence-electron chi connectivity index (χ0n) is 24.8. The summed E-state index contributed by atoms with van der Waals surface area (Å²) in [6.45, 7) is 13.9. The SMILES string of the molecule is COC(=O)C1CCC(c2cc3c(OS(=O)(=O)c4c(C(C)C)cc(C(C)C)cc4C(C)C)nc(C)nc3cn2)CC1. The summed E-state index contributed by atoms with van der Waals surface area (Å²) in [5.74, 6) is 0.492. The van der Waals surface area contributed by atoms with Crippen LogP contribution in [0, 0.1) is 12.8 Å². The zero-order chi connectivity index (χ0) is 29.4. The van der Waals surface area contributed by atoms with Gasteiger partial charge in [0.05, 0.1) is 30.1 Å². The van der Waals surface area contributed by atoms with Crippen molar-refractivity contribution in [2.45, 2.75) is 103 Å². The smallest absolute Gasteiger partial charge is 0.341 e. The lowest BCUT2D eigenvalue weighted by Gasteiger charge is -2.26. The molecule has 0 amide bonds. The van der Waals surface area contributed by atoms with Crippen LogP contribution in [0.2, 0.25) is 0 Å². The van der Waals surface area contributed by atoms with E-state index in [1.165, 1.54) is 7.11 Å². The Morgan fingerprint density at radius 2 is 1.50 bits per heavy atom. The molecule has 0 spiro atoms. The number of methoxy groups -OCH3 is 1. The number of esters is 1. The number of carbonyl (C=O) groups excluding carboxylic acids is 1. The van der Waals surface area contributed by atoms with Crippen LogP contribution in [0.25, 0.3) is 10.9 Å². The second-order valence-corrected chi connectivity index (χ2v) is 13.3. The van der Waals surface area contributed by atoms with Crippen molar-refractivity contribution in [3.05, 3.63) is 52.6 Å². The molecule has 216 valence electrons. The van der Waals surface area contributed by atoms with Crippen molar-refractivity contribution >= 4 is 27.0 Å². The fourth-order valence-electron chi connectivity index (χ4n) is 5.53. The van der Waals surface area contributed by atoms with Gasteiger partial charge >= 0.3 is 16.1 Å². The maximum atomic E-state index is 14.1. The first-order valence-electron chi connectivity index (χ1n) is 14.2. The van der Waals surface area contributed by atoms with E-state index in [4.69, 9.17) is 8.92 Å². The molecule has 8 nitrogen and oxygen atoms in total. The second kappa shape index (κ2) is 11.8. The predicted molar refractivity (Wildman–Crippen MR) is 155 cm³/mol. The van der Waals surface area contributed by atoms with Gasteiger partial charge < -0.3 is 8.92 Å². The fourth-order valence-corrected chi connectivity index (χ4v) is 7.12. The summed E-state index contributed by atoms with van der Waals surface area (Å²) in [5.41, 5.74) is 3.93. The number of pyridine rings is 1. The quantitative estimate of drug-likeness (QED) is 0.213. The lowest BCUT2D eigenvalue weighted by molar-refractivity contribution is -0.146. The van der Waals surface area contributed by atoms with Crippen LogP contribution in [-0.4, -0.2) is 36.4 Å². The van der Waals surface area contributed by atoms with Gasteiger partial charge in [-0.3, -0.25) is 9.78 Å². The molecule has 1 fully saturated rings. The Labute approximate surface area is 238 Å². The molecule has 1 aliphatic carbocycles. The first-order valence-corrected chi connectivity index (χ1v) is 15.6. The zero-order valence-corrected chi connectivity index (χ0v) is 25.6. The van der Waals surface area contributed by atoms with Crippen LogP contribution in [0.3, 0.4) is 0 Å². The summed E-state index contributed by atoms with van der Waals surface area (Å²) in [6, 6.07) is 5.83. The minimum Gasteiger partial charge on any atom is -0.469 e. The lowest BCUT2D eigenvalue weighted by atomic mass is 9.80. The third-order valence-corrected chi connectivity index (χ3v) is 9.23. The Morgan fingerprint density at radius 1 is 0.900 bits per heavy atom. The maximum Gasteiger partial charge on any atom is 0.341 e. The molecule has 0 saturated heterocycles. The summed E-state index contributed by atoms with van der Waals surface area (Å²) in [5, 5.41) is 0.505. The minimum absolute atomic E-state index is 0.00625. The van der Waals surface area contributed by atoms with Crippen LogP contribution < -0.4 is 4.18 Å². The summed E-state index contributed by atoms with van der Waals surface area (Å²) in [6.07, 6.45) is 4.68. The van der Waals surface area contributed by atoms with Crippen LogP contribution in [-0.2, 0) is 19.6 Å². The summed E-state index contributed by atoms with van der Waals surface area (Å²) in [4.78, 5) is 25.8. The molecule has 4 rings (SSSR count). The van der Waals surface area contributed by atoms with E-state index < -0.39 is 10.1 Å². The second-order valence-electron chi connectivity index (χ2n) is 11.8. The molecule has 1 aromatic carbocycles. The van der Waals surface area contributed by atoms with Crippen LogP contribution in [0.5, 0.6) is 5.88 Å². The van der Waals surface area contributed by atoms with Gasteiger partial charge in [-0.1, -0.05) is 53.7 Å². The number of ether oxygens (including phenoxy) is 1. The Bertz CT molecular complexity index is 1480. The van der Waals surface area contributed by atoms with E-state index in [0.717, 1.165) is 48.1 Å². The van der Waals surface area contributed by atoms with Gasteiger partial charge in [0.25, 0.3) is 0 Å². The molecule has 3 aromatic rings. The van der Waals surface area contributed by atoms with E-state index >= 15 is 0 Å². The molecule has 0 atom stereocenters. The van der Waals surface area contributed by atoms with Gasteiger partial charge in [-0.05, 0) is 73.1 Å². The molecule has 1 aliphatic rings. The minimum atomic E-state index is -4.23. The number of benzene rings is 1. The first kappa shape index (κ1) is 29.9. The third kappa shape index (κ3) is 6.14. The molecular weight excluding hydrogens is 526 g/mol. The fraction of sp³-hybridized carbons (Fsp3) is 0.548. The average molecular weight is 568 g/mol. The molecular formula is C31H41N3O5S. The number of aromatic nitrogens is 3. The van der Waals surface area contributed by atoms with Crippen LogP contribution in [0.1, 0.15) is 119 Å². The number of carbonyl (C=O) groups is 1. The monoisotopic (exact) mass is 567 g/mol. The standard InChI is InChI=1S/C31H41N3O5S/c1-17(2)23-13-24(18(3)4)29(25(14-23)19(5)6)40(36,37)39-30-26-15-27(32-16-28(26)33-20(7)34-30)21-9-11-22(12-10-21)31(35)38-8/h13-19,21-22H,9-12H2,1-8H3. The summed E-state index contributed by atoms with van der Waals surface area (Å²) >= 11 is 0. The lowest BCUT2D eigenvalue weighted by Crippen LogP contribution is -2.22. The Hall–Kier alpha value is -3.07. The molecule has 2 aromatic heterocycles.